The molecule has 0 spiro atoms. The third kappa shape index (κ3) is 27.7. The largest absolute Gasteiger partial charge is 0.481 e. The van der Waals surface area contributed by atoms with Crippen molar-refractivity contribution in [1.82, 2.24) is 9.55 Å². The minimum Gasteiger partial charge on any atom is -0.462 e. The number of phosphoric ester groups is 2. The number of carbonyl (C=O) groups excluding carboxylic acids is 2. The standard InChI is InChI=1S/C52H93N3O18P2/c1-4-5-20-26-39(56)30-31-41-43(57)34-44(58)42-27-22-18-19-23-28-47(59)68-35-40(71-48(60)29-24-17-15-13-11-9-7-6-8-10-12-14-16-21-25-38(2)3)36-69-74(64,65)73-75(66,67)70-37-45(50(62)49(41)61)72-51(42)55-33-32-46(53)54-52(55)63/h30-33,38-45,49-51,56-58,61-62H,4-29,34-37H2,1-3H3,(H,64,65)(H,66,67)(H2,53,54,63)/b31-30+/t39-,40+,41-,42-,43+,44-,45+,49-,50+,51+/m0/s1. The number of hydrogen-bond acceptors (Lipinski definition) is 18. The molecule has 3 rings (SSSR count). The number of aromatic nitrogens is 2. The smallest absolute Gasteiger partial charge is 0.462 e. The van der Waals surface area contributed by atoms with E-state index in [0.29, 0.717) is 44.9 Å². The SMILES string of the molecule is CCCCC[C@H](O)/C=C/[C@@H]1[C@H](O)[C@H](O)[C@H]2COP(=O)(O)OP(=O)(O)OC[C@H](OC(=O)CCCCCCCCCCCCCCCCC(C)C)COC(=O)CCCCCC[C@H]([C@H](n3ccc(N)nc3=O)O2)[C@@H](O)C[C@H]1O. The highest BCUT2D eigenvalue weighted by molar-refractivity contribution is 7.61. The molecular weight excluding hydrogens is 1020 g/mol. The summed E-state index contributed by atoms with van der Waals surface area (Å²) in [5.74, 6) is -3.20. The van der Waals surface area contributed by atoms with Gasteiger partial charge in [0.25, 0.3) is 0 Å². The second-order valence-corrected chi connectivity index (χ2v) is 23.9. The van der Waals surface area contributed by atoms with Crippen molar-refractivity contribution in [2.24, 2.45) is 17.8 Å². The van der Waals surface area contributed by atoms with Gasteiger partial charge in [0.2, 0.25) is 0 Å². The van der Waals surface area contributed by atoms with Gasteiger partial charge in [-0.05, 0) is 37.7 Å². The molecule has 0 amide bonds. The summed E-state index contributed by atoms with van der Waals surface area (Å²) < 4.78 is 59.3. The van der Waals surface area contributed by atoms with E-state index >= 15 is 0 Å². The van der Waals surface area contributed by atoms with Crippen molar-refractivity contribution < 1.29 is 81.6 Å². The van der Waals surface area contributed by atoms with Crippen LogP contribution in [0.25, 0.3) is 0 Å². The van der Waals surface area contributed by atoms with Crippen molar-refractivity contribution in [3.8, 4) is 0 Å². The number of fused-ring (bicyclic) bond motifs is 3. The van der Waals surface area contributed by atoms with Crippen molar-refractivity contribution in [2.75, 3.05) is 25.6 Å². The van der Waals surface area contributed by atoms with Gasteiger partial charge >= 0.3 is 33.3 Å². The van der Waals surface area contributed by atoms with Gasteiger partial charge in [0.05, 0.1) is 37.6 Å². The number of phosphoric acid groups is 2. The molecule has 2 saturated heterocycles. The molecule has 434 valence electrons. The van der Waals surface area contributed by atoms with Gasteiger partial charge in [0.1, 0.15) is 30.9 Å². The zero-order valence-corrected chi connectivity index (χ0v) is 46.6. The molecule has 1 aromatic rings. The van der Waals surface area contributed by atoms with Gasteiger partial charge in [0, 0.05) is 37.3 Å². The van der Waals surface area contributed by atoms with Gasteiger partial charge in [-0.15, -0.1) is 0 Å². The Kier molecular flexibility index (Phi) is 32.5. The Bertz CT molecular complexity index is 1940. The predicted molar refractivity (Wildman–Crippen MR) is 282 cm³/mol. The number of anilines is 1. The second kappa shape index (κ2) is 36.5. The zero-order valence-electron chi connectivity index (χ0n) is 44.9. The summed E-state index contributed by atoms with van der Waals surface area (Å²) in [6.07, 6.45) is 12.1. The van der Waals surface area contributed by atoms with E-state index in [1.54, 1.807) is 0 Å². The number of aliphatic hydroxyl groups excluding tert-OH is 5. The lowest BCUT2D eigenvalue weighted by Gasteiger charge is -2.41. The van der Waals surface area contributed by atoms with Crippen LogP contribution in [-0.2, 0) is 46.3 Å². The fourth-order valence-corrected chi connectivity index (χ4v) is 11.6. The fraction of sp³-hybridized carbons (Fsp3) is 0.846. The van der Waals surface area contributed by atoms with Crippen molar-refractivity contribution in [2.45, 2.75) is 243 Å². The second-order valence-electron chi connectivity index (χ2n) is 20.9. The topological polar surface area (TPSA) is 326 Å². The van der Waals surface area contributed by atoms with Crippen LogP contribution in [-0.4, -0.2) is 119 Å². The van der Waals surface area contributed by atoms with Crippen LogP contribution in [0.2, 0.25) is 0 Å². The number of cyclic esters (lactones) is 1. The van der Waals surface area contributed by atoms with E-state index in [2.05, 4.69) is 23.1 Å². The first-order chi connectivity index (χ1) is 35.7. The molecule has 0 aliphatic carbocycles. The Balaban J connectivity index is 1.73. The van der Waals surface area contributed by atoms with Gasteiger partial charge in [-0.3, -0.25) is 23.2 Å². The molecule has 9 N–H and O–H groups in total. The van der Waals surface area contributed by atoms with Crippen LogP contribution < -0.4 is 11.4 Å². The number of ether oxygens (including phenoxy) is 3. The number of rotatable bonds is 25. The molecule has 23 heteroatoms. The van der Waals surface area contributed by atoms with E-state index in [-0.39, 0.29) is 25.1 Å². The molecule has 0 radical (unpaired) electrons. The average Bonchev–Trinajstić information content (AvgIpc) is 3.33. The van der Waals surface area contributed by atoms with Gasteiger partial charge in [0.15, 0.2) is 6.10 Å². The Labute approximate surface area is 444 Å². The van der Waals surface area contributed by atoms with Crippen LogP contribution in [0.1, 0.15) is 200 Å². The van der Waals surface area contributed by atoms with E-state index in [1.165, 1.54) is 88.6 Å². The molecule has 21 nitrogen and oxygen atoms in total. The van der Waals surface area contributed by atoms with E-state index in [1.807, 2.05) is 6.92 Å². The van der Waals surface area contributed by atoms with Crippen molar-refractivity contribution in [1.29, 1.82) is 0 Å². The Morgan fingerprint density at radius 1 is 0.800 bits per heavy atom. The summed E-state index contributed by atoms with van der Waals surface area (Å²) in [6, 6.07) is 1.26. The first-order valence-electron chi connectivity index (χ1n) is 27.8. The number of nitrogens with zero attached hydrogens (tertiary/aromatic N) is 2. The third-order valence-electron chi connectivity index (χ3n) is 13.9. The van der Waals surface area contributed by atoms with Crippen LogP contribution >= 0.6 is 15.6 Å². The summed E-state index contributed by atoms with van der Waals surface area (Å²) in [5.41, 5.74) is 4.82. The van der Waals surface area contributed by atoms with Gasteiger partial charge < -0.3 is 55.3 Å². The highest BCUT2D eigenvalue weighted by Gasteiger charge is 2.45. The van der Waals surface area contributed by atoms with E-state index in [4.69, 9.17) is 29.0 Å². The van der Waals surface area contributed by atoms with Gasteiger partial charge in [-0.2, -0.15) is 9.29 Å². The summed E-state index contributed by atoms with van der Waals surface area (Å²) >= 11 is 0. The maximum Gasteiger partial charge on any atom is 0.481 e. The minimum absolute atomic E-state index is 0.0118. The molecule has 0 saturated carbocycles. The van der Waals surface area contributed by atoms with E-state index in [0.717, 1.165) is 49.0 Å². The highest BCUT2D eigenvalue weighted by atomic mass is 31.3. The number of esters is 2. The number of hydrogen-bond donors (Lipinski definition) is 8. The van der Waals surface area contributed by atoms with Gasteiger partial charge in [-0.1, -0.05) is 161 Å². The molecule has 3 heterocycles. The molecule has 75 heavy (non-hydrogen) atoms. The van der Waals surface area contributed by atoms with E-state index < -0.39 is 120 Å². The zero-order chi connectivity index (χ0) is 55.2. The molecule has 1 aromatic heterocycles. The Morgan fingerprint density at radius 3 is 2.00 bits per heavy atom. The summed E-state index contributed by atoms with van der Waals surface area (Å²) in [5, 5.41) is 57.6. The summed E-state index contributed by atoms with van der Waals surface area (Å²) in [7, 11) is -11.3. The summed E-state index contributed by atoms with van der Waals surface area (Å²) in [4.78, 5) is 64.4. The van der Waals surface area contributed by atoms with E-state index in [9.17, 15) is 58.8 Å². The van der Waals surface area contributed by atoms with Crippen molar-refractivity contribution in [3.63, 3.8) is 0 Å². The quantitative estimate of drug-likeness (QED) is 0.0198. The summed E-state index contributed by atoms with van der Waals surface area (Å²) in [6.45, 7) is 3.87. The lowest BCUT2D eigenvalue weighted by molar-refractivity contribution is -0.195. The van der Waals surface area contributed by atoms with Crippen LogP contribution in [0.15, 0.2) is 29.2 Å². The average molecular weight is 1110 g/mol. The number of carbonyl (C=O) groups is 2. The number of nitrogen functional groups attached to an aromatic ring is 1. The molecule has 2 bridgehead atoms. The molecule has 2 aliphatic heterocycles. The number of nitrogens with two attached hydrogens (primary N) is 1. The van der Waals surface area contributed by atoms with Crippen LogP contribution in [0.5, 0.6) is 0 Å². The molecule has 2 aliphatic rings. The molecule has 2 fully saturated rings. The third-order valence-corrected chi connectivity index (χ3v) is 16.5. The first-order valence-corrected chi connectivity index (χ1v) is 30.8. The Morgan fingerprint density at radius 2 is 1.39 bits per heavy atom. The fourth-order valence-electron chi connectivity index (χ4n) is 9.46. The Hall–Kier alpha value is -2.62. The van der Waals surface area contributed by atoms with Crippen LogP contribution in [0, 0.1) is 17.8 Å². The first kappa shape index (κ1) is 66.7. The lowest BCUT2D eigenvalue weighted by atomic mass is 9.82. The number of unbranched alkanes of at least 4 members (excludes halogenated alkanes) is 15. The maximum absolute atomic E-state index is 13.4. The predicted octanol–water partition coefficient (Wildman–Crippen LogP) is 8.24. The van der Waals surface area contributed by atoms with Crippen LogP contribution in [0.4, 0.5) is 5.82 Å². The van der Waals surface area contributed by atoms with Gasteiger partial charge in [-0.25, -0.2) is 13.9 Å². The lowest BCUT2D eigenvalue weighted by Crippen LogP contribution is -2.52. The molecule has 2 unspecified atom stereocenters. The maximum atomic E-state index is 13.4. The van der Waals surface area contributed by atoms with Crippen molar-refractivity contribution in [3.05, 3.63) is 34.9 Å². The molecule has 12 atom stereocenters. The minimum atomic E-state index is -5.70. The van der Waals surface area contributed by atoms with Crippen LogP contribution in [0.3, 0.4) is 0 Å². The highest BCUT2D eigenvalue weighted by Crippen LogP contribution is 2.60. The van der Waals surface area contributed by atoms with Crippen molar-refractivity contribution >= 4 is 33.4 Å². The normalized spacial score (nSPS) is 29.9. The molecular formula is C52H93N3O18P2. The monoisotopic (exact) mass is 1110 g/mol. The number of aliphatic hydroxyl groups is 5. The molecule has 0 aromatic carbocycles.